The van der Waals surface area contributed by atoms with Crippen molar-refractivity contribution in [3.63, 3.8) is 0 Å². The third-order valence-corrected chi connectivity index (χ3v) is 8.97. The van der Waals surface area contributed by atoms with Crippen molar-refractivity contribution in [1.29, 1.82) is 0 Å². The molecule has 2 aliphatic rings. The van der Waals surface area contributed by atoms with Gasteiger partial charge in [0.25, 0.3) is 0 Å². The van der Waals surface area contributed by atoms with Crippen LogP contribution < -0.4 is 30.7 Å². The monoisotopic (exact) mass is 676 g/mol. The first-order chi connectivity index (χ1) is 22.8. The Bertz CT molecular complexity index is 1810. The van der Waals surface area contributed by atoms with Crippen LogP contribution in [0.1, 0.15) is 30.7 Å². The molecule has 0 spiro atoms. The first kappa shape index (κ1) is 32.6. The van der Waals surface area contributed by atoms with Crippen LogP contribution in [0.2, 0.25) is 10.0 Å². The number of nitrogens with zero attached hydrogens (tertiary/aromatic N) is 4. The highest BCUT2D eigenvalue weighted by Gasteiger charge is 2.23. The van der Waals surface area contributed by atoms with Gasteiger partial charge in [-0.25, -0.2) is 9.97 Å². The molecule has 2 aromatic heterocycles. The second-order valence-corrected chi connectivity index (χ2v) is 12.0. The summed E-state index contributed by atoms with van der Waals surface area (Å²) in [4.78, 5) is 41.6. The molecular formula is C33H34Cl2N8O4. The van der Waals surface area contributed by atoms with E-state index in [0.29, 0.717) is 106 Å². The van der Waals surface area contributed by atoms with Gasteiger partial charge in [0.05, 0.1) is 48.0 Å². The smallest absolute Gasteiger partial charge is 0.237 e. The van der Waals surface area contributed by atoms with Gasteiger partial charge < -0.3 is 30.7 Å². The van der Waals surface area contributed by atoms with Crippen molar-refractivity contribution in [3.8, 4) is 45.4 Å². The molecule has 2 atom stereocenters. The minimum atomic E-state index is 0.0264. The van der Waals surface area contributed by atoms with Crippen molar-refractivity contribution >= 4 is 35.0 Å². The topological polar surface area (TPSA) is 152 Å². The molecule has 0 bridgehead atoms. The van der Waals surface area contributed by atoms with Crippen molar-refractivity contribution in [2.24, 2.45) is 0 Å². The Morgan fingerprint density at radius 3 is 1.91 bits per heavy atom. The fraction of sp³-hybridized carbons (Fsp3) is 0.333. The number of hydrogen-bond donors (Lipinski definition) is 4. The van der Waals surface area contributed by atoms with Crippen LogP contribution >= 0.6 is 23.2 Å². The summed E-state index contributed by atoms with van der Waals surface area (Å²) < 4.78 is 11.1. The van der Waals surface area contributed by atoms with Crippen LogP contribution in [0, 0.1) is 0 Å². The summed E-state index contributed by atoms with van der Waals surface area (Å²) in [5.74, 6) is 0.852. The average Bonchev–Trinajstić information content (AvgIpc) is 3.71. The van der Waals surface area contributed by atoms with Crippen LogP contribution in [-0.4, -0.2) is 71.1 Å². The molecule has 4 aromatic rings. The van der Waals surface area contributed by atoms with Crippen molar-refractivity contribution in [2.75, 3.05) is 27.3 Å². The Morgan fingerprint density at radius 1 is 0.830 bits per heavy atom. The van der Waals surface area contributed by atoms with E-state index in [1.54, 1.807) is 26.6 Å². The minimum Gasteiger partial charge on any atom is -0.480 e. The first-order valence-electron chi connectivity index (χ1n) is 15.2. The van der Waals surface area contributed by atoms with Crippen LogP contribution in [0.15, 0.2) is 48.8 Å². The van der Waals surface area contributed by atoms with Gasteiger partial charge in [0, 0.05) is 73.4 Å². The summed E-state index contributed by atoms with van der Waals surface area (Å²) in [5, 5.41) is 13.3. The number of ether oxygens (including phenoxy) is 2. The maximum atomic E-state index is 11.5. The van der Waals surface area contributed by atoms with Crippen LogP contribution in [0.4, 0.5) is 0 Å². The Hall–Kier alpha value is -4.36. The number of rotatable bonds is 12. The predicted molar refractivity (Wildman–Crippen MR) is 178 cm³/mol. The predicted octanol–water partition coefficient (Wildman–Crippen LogP) is 3.94. The third-order valence-electron chi connectivity index (χ3n) is 8.15. The SMILES string of the molecule is COc1nc(-c2cccc(-c3cccc(-c4cnc(CN[C@H]5CNC(=O)C5)c(OC)n4)c3Cl)c2Cl)cnc1CNC[C@H]1CCC(=O)N1. The molecule has 4 N–H and O–H groups in total. The molecule has 2 amide bonds. The van der Waals surface area contributed by atoms with Gasteiger partial charge in [-0.3, -0.25) is 19.6 Å². The molecule has 0 saturated carbocycles. The molecule has 6 rings (SSSR count). The lowest BCUT2D eigenvalue weighted by atomic mass is 9.98. The Balaban J connectivity index is 1.22. The fourth-order valence-corrected chi connectivity index (χ4v) is 6.33. The third kappa shape index (κ3) is 7.31. The molecule has 2 saturated heterocycles. The van der Waals surface area contributed by atoms with Crippen molar-refractivity contribution in [2.45, 2.75) is 44.4 Å². The summed E-state index contributed by atoms with van der Waals surface area (Å²) >= 11 is 14.0. The van der Waals surface area contributed by atoms with Gasteiger partial charge in [0.2, 0.25) is 23.6 Å². The molecular weight excluding hydrogens is 643 g/mol. The van der Waals surface area contributed by atoms with Crippen LogP contribution in [0.3, 0.4) is 0 Å². The number of hydrogen-bond acceptors (Lipinski definition) is 10. The zero-order valence-corrected chi connectivity index (χ0v) is 27.4. The van der Waals surface area contributed by atoms with E-state index >= 15 is 0 Å². The highest BCUT2D eigenvalue weighted by atomic mass is 35.5. The number of halogens is 2. The molecule has 0 radical (unpaired) electrons. The van der Waals surface area contributed by atoms with E-state index in [0.717, 1.165) is 6.42 Å². The Morgan fingerprint density at radius 2 is 1.40 bits per heavy atom. The molecule has 2 aromatic carbocycles. The number of carbonyl (C=O) groups is 2. The quantitative estimate of drug-likeness (QED) is 0.174. The van der Waals surface area contributed by atoms with Crippen molar-refractivity contribution < 1.29 is 19.1 Å². The van der Waals surface area contributed by atoms with Gasteiger partial charge in [-0.2, -0.15) is 0 Å². The summed E-state index contributed by atoms with van der Waals surface area (Å²) in [7, 11) is 3.09. The molecule has 47 heavy (non-hydrogen) atoms. The Labute approximate surface area is 282 Å². The number of methoxy groups -OCH3 is 2. The fourth-order valence-electron chi connectivity index (χ4n) is 5.68. The first-order valence-corrected chi connectivity index (χ1v) is 16.0. The number of carbonyl (C=O) groups excluding carboxylic acids is 2. The number of aromatic nitrogens is 4. The normalized spacial score (nSPS) is 17.4. The van der Waals surface area contributed by atoms with E-state index in [-0.39, 0.29) is 23.9 Å². The molecule has 14 heteroatoms. The second kappa shape index (κ2) is 14.6. The molecule has 2 fully saturated rings. The average molecular weight is 678 g/mol. The van der Waals surface area contributed by atoms with Crippen LogP contribution in [-0.2, 0) is 22.7 Å². The van der Waals surface area contributed by atoms with E-state index in [4.69, 9.17) is 42.6 Å². The van der Waals surface area contributed by atoms with Crippen LogP contribution in [0.5, 0.6) is 11.8 Å². The molecule has 0 aliphatic carbocycles. The molecule has 244 valence electrons. The molecule has 0 unspecified atom stereocenters. The number of nitrogens with one attached hydrogen (secondary N) is 4. The summed E-state index contributed by atoms with van der Waals surface area (Å²) in [6.45, 7) is 2.04. The van der Waals surface area contributed by atoms with E-state index in [9.17, 15) is 9.59 Å². The maximum Gasteiger partial charge on any atom is 0.237 e. The van der Waals surface area contributed by atoms with E-state index < -0.39 is 0 Å². The lowest BCUT2D eigenvalue weighted by Gasteiger charge is -2.16. The van der Waals surface area contributed by atoms with Crippen molar-refractivity contribution in [3.05, 3.63) is 70.2 Å². The van der Waals surface area contributed by atoms with Crippen LogP contribution in [0.25, 0.3) is 33.6 Å². The lowest BCUT2D eigenvalue weighted by molar-refractivity contribution is -0.120. The van der Waals surface area contributed by atoms with E-state index in [1.165, 1.54) is 0 Å². The zero-order chi connectivity index (χ0) is 32.9. The lowest BCUT2D eigenvalue weighted by Crippen LogP contribution is -2.35. The van der Waals surface area contributed by atoms with Gasteiger partial charge >= 0.3 is 0 Å². The largest absolute Gasteiger partial charge is 0.480 e. The minimum absolute atomic E-state index is 0.0264. The summed E-state index contributed by atoms with van der Waals surface area (Å²) in [6, 6.07) is 11.4. The van der Waals surface area contributed by atoms with E-state index in [1.807, 2.05) is 36.4 Å². The summed E-state index contributed by atoms with van der Waals surface area (Å²) in [6.07, 6.45) is 5.11. The highest BCUT2D eigenvalue weighted by molar-refractivity contribution is 6.39. The van der Waals surface area contributed by atoms with Gasteiger partial charge in [-0.15, -0.1) is 0 Å². The standard InChI is InChI=1S/C33H34Cl2N8O4/c1-46-32-26(14-36-12-18-9-10-28(44)41-18)38-15-24(42-32)22-7-3-5-20(30(22)34)21-6-4-8-23(31(21)35)25-16-39-27(33(43-25)47-2)17-37-19-11-29(45)40-13-19/h3-8,15-16,18-19,36-37H,9-14,17H2,1-2H3,(H,40,45)(H,41,44)/t18-,19-/m1/s1. The Kier molecular flexibility index (Phi) is 10.1. The van der Waals surface area contributed by atoms with Gasteiger partial charge in [-0.1, -0.05) is 59.6 Å². The zero-order valence-electron chi connectivity index (χ0n) is 25.9. The summed E-state index contributed by atoms with van der Waals surface area (Å²) in [5.41, 5.74) is 5.11. The number of amides is 2. The maximum absolute atomic E-state index is 11.5. The van der Waals surface area contributed by atoms with Crippen molar-refractivity contribution in [1.82, 2.24) is 41.2 Å². The molecule has 4 heterocycles. The van der Waals surface area contributed by atoms with E-state index in [2.05, 4.69) is 31.2 Å². The van der Waals surface area contributed by atoms with Gasteiger partial charge in [-0.05, 0) is 6.42 Å². The second-order valence-electron chi connectivity index (χ2n) is 11.3. The molecule has 12 nitrogen and oxygen atoms in total. The van der Waals surface area contributed by atoms with Gasteiger partial charge in [0.1, 0.15) is 11.4 Å². The molecule has 2 aliphatic heterocycles. The van der Waals surface area contributed by atoms with Gasteiger partial charge in [0.15, 0.2) is 0 Å². The highest BCUT2D eigenvalue weighted by Crippen LogP contribution is 2.42. The number of benzene rings is 2.